The van der Waals surface area contributed by atoms with E-state index in [1.807, 2.05) is 53.3 Å². The molecule has 0 aromatic carbocycles. The number of rotatable bonds is 6. The normalized spacial score (nSPS) is 12.4. The van der Waals surface area contributed by atoms with Gasteiger partial charge in [0.15, 0.2) is 9.84 Å². The maximum Gasteiger partial charge on any atom is 0.216 e. The summed E-state index contributed by atoms with van der Waals surface area (Å²) in [6.07, 6.45) is 0. The minimum atomic E-state index is -3.18. The number of sulfonamides is 1. The van der Waals surface area contributed by atoms with Crippen molar-refractivity contribution in [2.75, 3.05) is 18.1 Å². The van der Waals surface area contributed by atoms with Crippen molar-refractivity contribution in [2.24, 2.45) is 16.2 Å². The maximum absolute atomic E-state index is 11.6. The molecule has 0 saturated heterocycles. The van der Waals surface area contributed by atoms with Crippen molar-refractivity contribution in [3.63, 3.8) is 0 Å². The summed E-state index contributed by atoms with van der Waals surface area (Å²) in [5.41, 5.74) is 0.358. The van der Waals surface area contributed by atoms with Crippen LogP contribution in [0.3, 0.4) is 0 Å². The molecule has 0 unspecified atom stereocenters. The van der Waals surface area contributed by atoms with E-state index in [1.165, 1.54) is 5.75 Å². The molecule has 8 heteroatoms. The Morgan fingerprint density at radius 1 is 0.622 bits per heavy atom. The number of thioether (sulfide) groups is 1. The standard InChI is InChI=1S/C9H21NO2S.C8H18O2S.C8H18S.4CH4/c1-8(2,3)7-10-13(11,12)9(4,5)6;1-7(2)11(9,10)6-8(3,4)5;1-7(2)9-6-8(3,4)5;;;;/h10H,7H2,1-6H3;7H,6H2,1-5H3;7H,6H2,1-5H3;4*1H4. The molecular weight excluding hydrogens is 523 g/mol. The highest BCUT2D eigenvalue weighted by Gasteiger charge is 2.29. The van der Waals surface area contributed by atoms with Gasteiger partial charge >= 0.3 is 0 Å². The molecule has 0 heterocycles. The fourth-order valence-electron chi connectivity index (χ4n) is 1.71. The van der Waals surface area contributed by atoms with Gasteiger partial charge in [-0.3, -0.25) is 0 Å². The fourth-order valence-corrected chi connectivity index (χ4v) is 5.14. The molecule has 1 N–H and O–H groups in total. The highest BCUT2D eigenvalue weighted by molar-refractivity contribution is 7.99. The van der Waals surface area contributed by atoms with Gasteiger partial charge in [0.1, 0.15) is 0 Å². The van der Waals surface area contributed by atoms with Crippen LogP contribution in [0, 0.1) is 16.2 Å². The Balaban J connectivity index is -0.0000000702. The Morgan fingerprint density at radius 3 is 1.11 bits per heavy atom. The SMILES string of the molecule is C.C.C.C.CC(C)(C)CNS(=O)(=O)C(C)(C)C.CC(C)S(=O)(=O)CC(C)(C)C.CC(C)SCC(C)(C)C. The summed E-state index contributed by atoms with van der Waals surface area (Å²) < 4.78 is 47.8. The van der Waals surface area contributed by atoms with Crippen molar-refractivity contribution in [2.45, 2.75) is 156 Å². The van der Waals surface area contributed by atoms with Crippen LogP contribution in [0.5, 0.6) is 0 Å². The lowest BCUT2D eigenvalue weighted by atomic mass is 9.98. The quantitative estimate of drug-likeness (QED) is 0.331. The van der Waals surface area contributed by atoms with Crippen LogP contribution in [0.15, 0.2) is 0 Å². The molecule has 0 rings (SSSR count). The van der Waals surface area contributed by atoms with Gasteiger partial charge in [0, 0.05) is 6.54 Å². The minimum Gasteiger partial charge on any atom is -0.229 e. The topological polar surface area (TPSA) is 80.3 Å². The zero-order valence-electron chi connectivity index (χ0n) is 24.6. The zero-order valence-corrected chi connectivity index (χ0v) is 27.1. The molecule has 0 bridgehead atoms. The molecular formula is C29H73NO4S3. The number of sulfone groups is 1. The van der Waals surface area contributed by atoms with E-state index in [4.69, 9.17) is 0 Å². The van der Waals surface area contributed by atoms with Gasteiger partial charge in [-0.05, 0) is 61.9 Å². The Bertz CT molecular complexity index is 728. The zero-order chi connectivity index (χ0) is 27.7. The largest absolute Gasteiger partial charge is 0.229 e. The van der Waals surface area contributed by atoms with Gasteiger partial charge in [-0.1, -0.05) is 106 Å². The number of nitrogens with one attached hydrogen (secondary N) is 1. The third-order valence-electron chi connectivity index (χ3n) is 3.80. The van der Waals surface area contributed by atoms with Gasteiger partial charge in [0.2, 0.25) is 10.0 Å². The molecule has 236 valence electrons. The summed E-state index contributed by atoms with van der Waals surface area (Å²) in [5.74, 6) is 1.54. The Hall–Kier alpha value is 0.210. The van der Waals surface area contributed by atoms with Crippen molar-refractivity contribution < 1.29 is 16.8 Å². The van der Waals surface area contributed by atoms with Crippen molar-refractivity contribution in [1.82, 2.24) is 4.72 Å². The molecule has 0 aliphatic rings. The van der Waals surface area contributed by atoms with E-state index < -0.39 is 24.6 Å². The van der Waals surface area contributed by atoms with Crippen molar-refractivity contribution >= 4 is 31.6 Å². The Morgan fingerprint density at radius 2 is 0.973 bits per heavy atom. The monoisotopic (exact) mass is 595 g/mol. The van der Waals surface area contributed by atoms with E-state index in [9.17, 15) is 16.8 Å². The second kappa shape index (κ2) is 20.1. The Labute approximate surface area is 242 Å². The van der Waals surface area contributed by atoms with Gasteiger partial charge in [-0.25, -0.2) is 21.6 Å². The highest BCUT2D eigenvalue weighted by atomic mass is 32.2. The van der Waals surface area contributed by atoms with E-state index in [0.717, 1.165) is 5.25 Å². The van der Waals surface area contributed by atoms with E-state index in [1.54, 1.807) is 34.6 Å². The van der Waals surface area contributed by atoms with Crippen molar-refractivity contribution in [3.8, 4) is 0 Å². The van der Waals surface area contributed by atoms with Gasteiger partial charge in [-0.15, -0.1) is 0 Å². The second-order valence-corrected chi connectivity index (χ2v) is 20.5. The van der Waals surface area contributed by atoms with Crippen molar-refractivity contribution in [1.29, 1.82) is 0 Å². The Kier molecular flexibility index (Phi) is 29.1. The molecule has 0 saturated carbocycles. The van der Waals surface area contributed by atoms with Crippen LogP contribution in [-0.2, 0) is 19.9 Å². The van der Waals surface area contributed by atoms with Crippen LogP contribution < -0.4 is 4.72 Å². The lowest BCUT2D eigenvalue weighted by Gasteiger charge is -2.24. The fraction of sp³-hybridized carbons (Fsp3) is 1.00. The smallest absolute Gasteiger partial charge is 0.216 e. The maximum atomic E-state index is 11.6. The molecule has 0 atom stereocenters. The van der Waals surface area contributed by atoms with Gasteiger partial charge in [-0.2, -0.15) is 11.8 Å². The number of hydrogen-bond donors (Lipinski definition) is 1. The first-order chi connectivity index (χ1) is 14.0. The van der Waals surface area contributed by atoms with Gasteiger partial charge in [0.05, 0.1) is 15.7 Å². The van der Waals surface area contributed by atoms with Gasteiger partial charge in [0.25, 0.3) is 0 Å². The van der Waals surface area contributed by atoms with E-state index in [-0.39, 0.29) is 51.5 Å². The number of hydrogen-bond acceptors (Lipinski definition) is 5. The first-order valence-corrected chi connectivity index (χ1v) is 16.1. The molecule has 0 aliphatic heterocycles. The summed E-state index contributed by atoms with van der Waals surface area (Å²) in [6, 6.07) is 0. The minimum absolute atomic E-state index is 0. The summed E-state index contributed by atoms with van der Waals surface area (Å²) in [5, 5.41) is 0.533. The third-order valence-corrected chi connectivity index (χ3v) is 10.3. The predicted molar refractivity (Wildman–Crippen MR) is 178 cm³/mol. The van der Waals surface area contributed by atoms with Gasteiger partial charge < -0.3 is 0 Å². The second-order valence-electron chi connectivity index (χ2n) is 13.8. The third kappa shape index (κ3) is 36.2. The summed E-state index contributed by atoms with van der Waals surface area (Å²) in [6.45, 7) is 32.1. The predicted octanol–water partition coefficient (Wildman–Crippen LogP) is 9.32. The molecule has 0 amide bonds. The van der Waals surface area contributed by atoms with Crippen LogP contribution in [0.1, 0.15) is 140 Å². The van der Waals surface area contributed by atoms with Crippen molar-refractivity contribution in [3.05, 3.63) is 0 Å². The summed E-state index contributed by atoms with van der Waals surface area (Å²) in [7, 11) is -6.04. The van der Waals surface area contributed by atoms with Crippen LogP contribution in [0.4, 0.5) is 0 Å². The van der Waals surface area contributed by atoms with E-state index in [0.29, 0.717) is 12.0 Å². The molecule has 37 heavy (non-hydrogen) atoms. The molecule has 5 nitrogen and oxygen atoms in total. The van der Waals surface area contributed by atoms with Crippen LogP contribution in [-0.4, -0.2) is 50.1 Å². The summed E-state index contributed by atoms with van der Waals surface area (Å²) >= 11 is 2.04. The average Bonchev–Trinajstić information content (AvgIpc) is 2.47. The van der Waals surface area contributed by atoms with E-state index in [2.05, 4.69) is 39.3 Å². The first kappa shape index (κ1) is 53.5. The molecule has 0 aromatic heterocycles. The van der Waals surface area contributed by atoms with E-state index >= 15 is 0 Å². The molecule has 0 aromatic rings. The van der Waals surface area contributed by atoms with Crippen LogP contribution in [0.25, 0.3) is 0 Å². The average molecular weight is 596 g/mol. The molecule has 0 fully saturated rings. The highest BCUT2D eigenvalue weighted by Crippen LogP contribution is 2.23. The van der Waals surface area contributed by atoms with Crippen LogP contribution >= 0.6 is 11.8 Å². The van der Waals surface area contributed by atoms with Crippen LogP contribution in [0.2, 0.25) is 0 Å². The molecule has 0 aliphatic carbocycles. The summed E-state index contributed by atoms with van der Waals surface area (Å²) in [4.78, 5) is 0. The lowest BCUT2D eigenvalue weighted by Crippen LogP contribution is -2.42. The molecule has 0 spiro atoms. The molecule has 0 radical (unpaired) electrons. The lowest BCUT2D eigenvalue weighted by molar-refractivity contribution is 0.404. The first-order valence-electron chi connectivity index (χ1n) is 11.8.